The van der Waals surface area contributed by atoms with E-state index in [0.717, 1.165) is 5.56 Å². The molecule has 1 fully saturated rings. The molecule has 1 atom stereocenters. The maximum absolute atomic E-state index is 12.8. The van der Waals surface area contributed by atoms with Gasteiger partial charge in [0, 0.05) is 30.8 Å². The molecule has 0 bridgehead atoms. The van der Waals surface area contributed by atoms with Crippen LogP contribution in [0.15, 0.2) is 43.1 Å². The van der Waals surface area contributed by atoms with Crippen LogP contribution >= 0.6 is 11.6 Å². The van der Waals surface area contributed by atoms with Crippen molar-refractivity contribution in [2.24, 2.45) is 0 Å². The van der Waals surface area contributed by atoms with Gasteiger partial charge in [0.25, 0.3) is 5.88 Å². The van der Waals surface area contributed by atoms with Gasteiger partial charge in [-0.05, 0) is 47.9 Å². The van der Waals surface area contributed by atoms with E-state index in [0.29, 0.717) is 48.6 Å². The van der Waals surface area contributed by atoms with Crippen LogP contribution in [0.2, 0.25) is 5.02 Å². The van der Waals surface area contributed by atoms with Crippen LogP contribution in [0.1, 0.15) is 38.6 Å². The van der Waals surface area contributed by atoms with E-state index >= 15 is 0 Å². The van der Waals surface area contributed by atoms with Gasteiger partial charge in [-0.3, -0.25) is 9.48 Å². The Morgan fingerprint density at radius 1 is 1.17 bits per heavy atom. The Bertz CT molecular complexity index is 1470. The van der Waals surface area contributed by atoms with Gasteiger partial charge in [0.1, 0.15) is 29.7 Å². The second kappa shape index (κ2) is 12.1. The van der Waals surface area contributed by atoms with Crippen molar-refractivity contribution in [3.8, 4) is 22.8 Å². The van der Waals surface area contributed by atoms with E-state index in [9.17, 15) is 18.0 Å². The first-order chi connectivity index (χ1) is 19.6. The van der Waals surface area contributed by atoms with Crippen molar-refractivity contribution in [1.29, 1.82) is 0 Å². The maximum atomic E-state index is 12.8. The smallest absolute Gasteiger partial charge is 0.422 e. The number of anilines is 2. The number of carbonyl (C=O) groups excluding carboxylic acids is 1. The number of Topliss-reactive ketones (excluding diaryl/α,β-unsaturated/α-hetero) is 1. The fourth-order valence-corrected chi connectivity index (χ4v) is 4.47. The summed E-state index contributed by atoms with van der Waals surface area (Å²) in [6.45, 7) is 0.773. The van der Waals surface area contributed by atoms with E-state index in [1.807, 2.05) is 6.92 Å². The van der Waals surface area contributed by atoms with Gasteiger partial charge in [-0.1, -0.05) is 17.7 Å². The third-order valence-corrected chi connectivity index (χ3v) is 6.60. The standard InChI is InChI=1S/C25H25ClF3N9O3/c1-15(11-37-14-32-35-36-37)41-22-8-16(2-7-20(22)26)17-9-30-24(31-10-17)33-21-12-38(18-3-5-19(39)6-4-18)34-23(21)40-13-25(27,28)29/h2,7-10,12,14-15,18H,3-6,11,13H2,1H3,(H,30,31,33)/t15-/m0/s1. The number of hydrogen-bond donors (Lipinski definition) is 1. The number of hydrogen-bond acceptors (Lipinski definition) is 10. The molecule has 1 aromatic carbocycles. The minimum atomic E-state index is -4.54. The molecule has 3 heterocycles. The highest BCUT2D eigenvalue weighted by molar-refractivity contribution is 6.32. The minimum absolute atomic E-state index is 0.128. The van der Waals surface area contributed by atoms with E-state index in [2.05, 4.69) is 35.9 Å². The lowest BCUT2D eigenvalue weighted by Crippen LogP contribution is -2.20. The number of nitrogens with zero attached hydrogens (tertiary/aromatic N) is 8. The number of aromatic nitrogens is 8. The highest BCUT2D eigenvalue weighted by Crippen LogP contribution is 2.34. The average Bonchev–Trinajstić information content (AvgIpc) is 3.59. The molecule has 1 aliphatic rings. The fraction of sp³-hybridized carbons (Fsp3) is 0.400. The van der Waals surface area contributed by atoms with Crippen molar-refractivity contribution in [2.45, 2.75) is 57.5 Å². The van der Waals surface area contributed by atoms with Crippen molar-refractivity contribution >= 4 is 29.0 Å². The Hall–Kier alpha value is -4.27. The molecular weight excluding hydrogens is 567 g/mol. The van der Waals surface area contributed by atoms with Gasteiger partial charge in [-0.2, -0.15) is 13.2 Å². The van der Waals surface area contributed by atoms with Gasteiger partial charge >= 0.3 is 6.18 Å². The SMILES string of the molecule is C[C@@H](Cn1cnnn1)Oc1cc(-c2cnc(Nc3cn(C4CCC(=O)CC4)nc3OCC(F)(F)F)nc2)ccc1Cl. The Morgan fingerprint density at radius 3 is 2.61 bits per heavy atom. The molecule has 4 aromatic rings. The minimum Gasteiger partial charge on any atom is -0.487 e. The predicted molar refractivity (Wildman–Crippen MR) is 140 cm³/mol. The number of rotatable bonds is 10. The molecule has 0 unspecified atom stereocenters. The summed E-state index contributed by atoms with van der Waals surface area (Å²) in [7, 11) is 0. The van der Waals surface area contributed by atoms with Crippen LogP contribution in [0.4, 0.5) is 24.8 Å². The lowest BCUT2D eigenvalue weighted by atomic mass is 9.95. The highest BCUT2D eigenvalue weighted by Gasteiger charge is 2.30. The first-order valence-corrected chi connectivity index (χ1v) is 13.1. The van der Waals surface area contributed by atoms with E-state index in [1.165, 1.54) is 11.0 Å². The van der Waals surface area contributed by atoms with Crippen molar-refractivity contribution < 1.29 is 27.4 Å². The molecule has 0 radical (unpaired) electrons. The zero-order chi connectivity index (χ0) is 29.0. The molecule has 5 rings (SSSR count). The zero-order valence-corrected chi connectivity index (χ0v) is 22.5. The quantitative estimate of drug-likeness (QED) is 0.273. The van der Waals surface area contributed by atoms with Gasteiger partial charge in [-0.15, -0.1) is 10.2 Å². The molecule has 1 aliphatic carbocycles. The van der Waals surface area contributed by atoms with Crippen LogP contribution in [0, 0.1) is 0 Å². The number of alkyl halides is 3. The second-order valence-corrected chi connectivity index (χ2v) is 9.93. The Kier molecular flexibility index (Phi) is 8.33. The van der Waals surface area contributed by atoms with Gasteiger partial charge < -0.3 is 14.8 Å². The monoisotopic (exact) mass is 591 g/mol. The van der Waals surface area contributed by atoms with Gasteiger partial charge in [-0.25, -0.2) is 14.6 Å². The number of nitrogens with one attached hydrogen (secondary N) is 1. The number of carbonyl (C=O) groups is 1. The lowest BCUT2D eigenvalue weighted by molar-refractivity contribution is -0.154. The van der Waals surface area contributed by atoms with Crippen LogP contribution in [0.3, 0.4) is 0 Å². The predicted octanol–water partition coefficient (Wildman–Crippen LogP) is 4.82. The molecule has 1 saturated carbocycles. The Labute approximate surface area is 236 Å². The molecule has 0 aliphatic heterocycles. The molecule has 16 heteroatoms. The van der Waals surface area contributed by atoms with E-state index in [4.69, 9.17) is 21.1 Å². The first-order valence-electron chi connectivity index (χ1n) is 12.7. The van der Waals surface area contributed by atoms with Gasteiger partial charge in [0.15, 0.2) is 6.61 Å². The molecule has 0 spiro atoms. The molecule has 0 saturated heterocycles. The Morgan fingerprint density at radius 2 is 1.93 bits per heavy atom. The molecule has 41 heavy (non-hydrogen) atoms. The summed E-state index contributed by atoms with van der Waals surface area (Å²) in [6, 6.07) is 5.11. The van der Waals surface area contributed by atoms with E-state index in [-0.39, 0.29) is 35.4 Å². The summed E-state index contributed by atoms with van der Waals surface area (Å²) in [5.74, 6) is 0.508. The molecule has 1 N–H and O–H groups in total. The van der Waals surface area contributed by atoms with E-state index < -0.39 is 12.8 Å². The van der Waals surface area contributed by atoms with Crippen LogP contribution < -0.4 is 14.8 Å². The van der Waals surface area contributed by atoms with Gasteiger partial charge in [0.2, 0.25) is 5.95 Å². The number of benzene rings is 1. The lowest BCUT2D eigenvalue weighted by Gasteiger charge is -2.20. The molecule has 3 aromatic heterocycles. The molecular formula is C25H25ClF3N9O3. The summed E-state index contributed by atoms with van der Waals surface area (Å²) in [5, 5.41) is 18.5. The first kappa shape index (κ1) is 28.3. The Balaban J connectivity index is 1.30. The summed E-state index contributed by atoms with van der Waals surface area (Å²) in [5.41, 5.74) is 1.57. The second-order valence-electron chi connectivity index (χ2n) is 9.53. The van der Waals surface area contributed by atoms with Crippen molar-refractivity contribution in [1.82, 2.24) is 40.0 Å². The molecule has 12 nitrogen and oxygen atoms in total. The molecule has 0 amide bonds. The van der Waals surface area contributed by atoms with Crippen molar-refractivity contribution in [2.75, 3.05) is 11.9 Å². The fourth-order valence-electron chi connectivity index (χ4n) is 4.31. The highest BCUT2D eigenvalue weighted by atomic mass is 35.5. The van der Waals surface area contributed by atoms with E-state index in [1.54, 1.807) is 41.5 Å². The molecule has 216 valence electrons. The third-order valence-electron chi connectivity index (χ3n) is 6.28. The maximum Gasteiger partial charge on any atom is 0.422 e. The normalized spacial score (nSPS) is 15.1. The summed E-state index contributed by atoms with van der Waals surface area (Å²) >= 11 is 6.34. The topological polar surface area (TPSA) is 135 Å². The van der Waals surface area contributed by atoms with Crippen LogP contribution in [0.5, 0.6) is 11.6 Å². The number of ketones is 1. The summed E-state index contributed by atoms with van der Waals surface area (Å²) in [4.78, 5) is 20.2. The van der Waals surface area contributed by atoms with Gasteiger partial charge in [0.05, 0.1) is 23.8 Å². The largest absolute Gasteiger partial charge is 0.487 e. The number of ether oxygens (including phenoxy) is 2. The zero-order valence-electron chi connectivity index (χ0n) is 21.8. The van der Waals surface area contributed by atoms with Crippen molar-refractivity contribution in [3.05, 3.63) is 48.1 Å². The number of halogens is 4. The average molecular weight is 592 g/mol. The summed E-state index contributed by atoms with van der Waals surface area (Å²) in [6.07, 6.45) is 3.21. The van der Waals surface area contributed by atoms with Crippen molar-refractivity contribution in [3.63, 3.8) is 0 Å². The van der Waals surface area contributed by atoms with Crippen LogP contribution in [-0.4, -0.2) is 64.6 Å². The van der Waals surface area contributed by atoms with Crippen LogP contribution in [-0.2, 0) is 11.3 Å². The number of tetrazole rings is 1. The third kappa shape index (κ3) is 7.48. The van der Waals surface area contributed by atoms with Crippen LogP contribution in [0.25, 0.3) is 11.1 Å². The summed E-state index contributed by atoms with van der Waals surface area (Å²) < 4.78 is 52.6.